The summed E-state index contributed by atoms with van der Waals surface area (Å²) < 4.78 is 17.7. The van der Waals surface area contributed by atoms with E-state index in [0.29, 0.717) is 24.0 Å². The van der Waals surface area contributed by atoms with Crippen LogP contribution >= 0.6 is 22.9 Å². The number of methoxy groups -OCH3 is 1. The molecule has 2 aromatic carbocycles. The molecule has 4 aromatic rings. The third kappa shape index (κ3) is 2.45. The number of thiazole rings is 1. The first kappa shape index (κ1) is 15.7. The van der Waals surface area contributed by atoms with E-state index in [1.54, 1.807) is 24.6 Å². The zero-order valence-corrected chi connectivity index (χ0v) is 15.4. The van der Waals surface area contributed by atoms with Crippen LogP contribution in [0.3, 0.4) is 0 Å². The lowest BCUT2D eigenvalue weighted by Gasteiger charge is -2.18. The molecule has 1 aliphatic heterocycles. The maximum atomic E-state index is 6.35. The van der Waals surface area contributed by atoms with Gasteiger partial charge in [-0.25, -0.2) is 4.98 Å². The first-order valence-electron chi connectivity index (χ1n) is 8.06. The molecule has 0 fully saturated rings. The van der Waals surface area contributed by atoms with Crippen LogP contribution in [0.5, 0.6) is 17.2 Å². The fraction of sp³-hybridized carbons (Fsp3) is 0.158. The number of halogens is 1. The maximum Gasteiger partial charge on any atom is 0.180 e. The molecule has 0 N–H and O–H groups in total. The van der Waals surface area contributed by atoms with Gasteiger partial charge in [0.1, 0.15) is 28.7 Å². The van der Waals surface area contributed by atoms with Crippen molar-refractivity contribution in [2.45, 2.75) is 0 Å². The summed E-state index contributed by atoms with van der Waals surface area (Å²) in [7, 11) is 1.62. The second-order valence-electron chi connectivity index (χ2n) is 5.86. The molecule has 0 saturated carbocycles. The van der Waals surface area contributed by atoms with Crippen molar-refractivity contribution in [2.75, 3.05) is 20.3 Å². The van der Waals surface area contributed by atoms with Crippen LogP contribution in [-0.2, 0) is 0 Å². The number of hydrogen-bond acceptors (Lipinski definition) is 6. The average Bonchev–Trinajstić information content (AvgIpc) is 3.11. The lowest BCUT2D eigenvalue weighted by atomic mass is 10.1. The van der Waals surface area contributed by atoms with Crippen LogP contribution in [0.15, 0.2) is 36.5 Å². The molecule has 130 valence electrons. The Morgan fingerprint density at radius 3 is 2.92 bits per heavy atom. The molecule has 2 aromatic heterocycles. The van der Waals surface area contributed by atoms with Crippen LogP contribution in [0.4, 0.5) is 0 Å². The maximum absolute atomic E-state index is 6.35. The monoisotopic (exact) mass is 384 g/mol. The summed E-state index contributed by atoms with van der Waals surface area (Å²) in [6, 6.07) is 9.54. The Morgan fingerprint density at radius 1 is 1.15 bits per heavy atom. The highest BCUT2D eigenvalue weighted by atomic mass is 35.5. The number of fused-ring (bicyclic) bond motifs is 4. The molecule has 0 saturated heterocycles. The van der Waals surface area contributed by atoms with E-state index in [-0.39, 0.29) is 0 Å². The molecule has 0 unspecified atom stereocenters. The number of benzene rings is 2. The van der Waals surface area contributed by atoms with E-state index >= 15 is 0 Å². The molecule has 0 spiro atoms. The Labute approximate surface area is 158 Å². The van der Waals surface area contributed by atoms with Gasteiger partial charge in [-0.3, -0.25) is 4.98 Å². The Balaban J connectivity index is 1.75. The van der Waals surface area contributed by atoms with E-state index in [1.807, 2.05) is 30.3 Å². The Hall–Kier alpha value is -2.57. The largest absolute Gasteiger partial charge is 0.495 e. The van der Waals surface area contributed by atoms with Crippen molar-refractivity contribution >= 4 is 44.1 Å². The second kappa shape index (κ2) is 6.00. The van der Waals surface area contributed by atoms with Gasteiger partial charge in [0.05, 0.1) is 24.3 Å². The van der Waals surface area contributed by atoms with Gasteiger partial charge in [-0.15, -0.1) is 11.3 Å². The molecule has 7 heteroatoms. The molecule has 0 amide bonds. The van der Waals surface area contributed by atoms with E-state index < -0.39 is 0 Å². The topological polar surface area (TPSA) is 53.5 Å². The van der Waals surface area contributed by atoms with Gasteiger partial charge < -0.3 is 14.2 Å². The normalized spacial score (nSPS) is 13.3. The average molecular weight is 385 g/mol. The first-order valence-corrected chi connectivity index (χ1v) is 9.25. The van der Waals surface area contributed by atoms with Crippen molar-refractivity contribution in [3.63, 3.8) is 0 Å². The van der Waals surface area contributed by atoms with Gasteiger partial charge in [-0.1, -0.05) is 11.6 Å². The fourth-order valence-corrected chi connectivity index (χ4v) is 4.38. The molecule has 0 atom stereocenters. The zero-order chi connectivity index (χ0) is 17.7. The minimum absolute atomic E-state index is 0.542. The summed E-state index contributed by atoms with van der Waals surface area (Å²) in [6.45, 7) is 1.11. The van der Waals surface area contributed by atoms with Gasteiger partial charge in [-0.05, 0) is 30.3 Å². The Morgan fingerprint density at radius 2 is 2.04 bits per heavy atom. The predicted octanol–water partition coefficient (Wildman–Crippen LogP) is 4.94. The van der Waals surface area contributed by atoms with Crippen LogP contribution < -0.4 is 14.2 Å². The fourth-order valence-electron chi connectivity index (χ4n) is 3.08. The number of rotatable bonds is 2. The molecule has 0 aliphatic carbocycles. The van der Waals surface area contributed by atoms with E-state index in [9.17, 15) is 0 Å². The standard InChI is InChI=1S/C19H13ClN2O3S/c1-23-12-7-10-6-11(20)8-13(16(10)21-9-12)19-22-14-2-3-15-17(18(14)26-19)25-5-4-24-15/h2-3,6-9H,4-5H2,1H3. The number of ether oxygens (including phenoxy) is 3. The lowest BCUT2D eigenvalue weighted by Crippen LogP contribution is -2.15. The summed E-state index contributed by atoms with van der Waals surface area (Å²) >= 11 is 7.90. The van der Waals surface area contributed by atoms with Crippen molar-refractivity contribution in [1.29, 1.82) is 0 Å². The van der Waals surface area contributed by atoms with Crippen LogP contribution in [-0.4, -0.2) is 30.3 Å². The van der Waals surface area contributed by atoms with E-state index in [4.69, 9.17) is 30.8 Å². The quantitative estimate of drug-likeness (QED) is 0.489. The van der Waals surface area contributed by atoms with E-state index in [0.717, 1.165) is 43.2 Å². The van der Waals surface area contributed by atoms with Crippen LogP contribution in [0, 0.1) is 0 Å². The summed E-state index contributed by atoms with van der Waals surface area (Å²) in [6.07, 6.45) is 1.70. The van der Waals surface area contributed by atoms with Gasteiger partial charge in [0.2, 0.25) is 0 Å². The Kier molecular flexibility index (Phi) is 3.62. The van der Waals surface area contributed by atoms with Gasteiger partial charge in [-0.2, -0.15) is 0 Å². The molecular formula is C19H13ClN2O3S. The molecule has 5 nitrogen and oxygen atoms in total. The molecule has 1 aliphatic rings. The highest BCUT2D eigenvalue weighted by molar-refractivity contribution is 7.22. The van der Waals surface area contributed by atoms with Crippen molar-refractivity contribution in [3.05, 3.63) is 41.6 Å². The lowest BCUT2D eigenvalue weighted by molar-refractivity contribution is 0.174. The molecule has 0 bridgehead atoms. The minimum Gasteiger partial charge on any atom is -0.495 e. The summed E-state index contributed by atoms with van der Waals surface area (Å²) in [5, 5.41) is 2.38. The number of nitrogens with zero attached hydrogens (tertiary/aromatic N) is 2. The summed E-state index contributed by atoms with van der Waals surface area (Å²) in [4.78, 5) is 9.33. The first-order chi connectivity index (χ1) is 12.7. The van der Waals surface area contributed by atoms with Crippen molar-refractivity contribution < 1.29 is 14.2 Å². The Bertz CT molecular complexity index is 1160. The van der Waals surface area contributed by atoms with Crippen LogP contribution in [0.25, 0.3) is 31.7 Å². The molecule has 3 heterocycles. The summed E-state index contributed by atoms with van der Waals surface area (Å²) in [5.74, 6) is 2.21. The van der Waals surface area contributed by atoms with Gasteiger partial charge >= 0.3 is 0 Å². The molecule has 26 heavy (non-hydrogen) atoms. The highest BCUT2D eigenvalue weighted by Crippen LogP contribution is 2.44. The summed E-state index contributed by atoms with van der Waals surface area (Å²) in [5.41, 5.74) is 2.60. The molecular weight excluding hydrogens is 372 g/mol. The zero-order valence-electron chi connectivity index (χ0n) is 13.8. The third-order valence-electron chi connectivity index (χ3n) is 4.25. The number of hydrogen-bond donors (Lipinski definition) is 0. The minimum atomic E-state index is 0.542. The SMILES string of the molecule is COc1cnc2c(-c3nc4ccc5c(c4s3)OCCO5)cc(Cl)cc2c1. The van der Waals surface area contributed by atoms with Crippen LogP contribution in [0.1, 0.15) is 0 Å². The second-order valence-corrected chi connectivity index (χ2v) is 7.29. The molecule has 0 radical (unpaired) electrons. The third-order valence-corrected chi connectivity index (χ3v) is 5.57. The highest BCUT2D eigenvalue weighted by Gasteiger charge is 2.20. The van der Waals surface area contributed by atoms with E-state index in [1.165, 1.54) is 0 Å². The van der Waals surface area contributed by atoms with Crippen molar-refractivity contribution in [3.8, 4) is 27.8 Å². The number of aromatic nitrogens is 2. The van der Waals surface area contributed by atoms with Crippen molar-refractivity contribution in [1.82, 2.24) is 9.97 Å². The smallest absolute Gasteiger partial charge is 0.180 e. The molecule has 5 rings (SSSR count). The van der Waals surface area contributed by atoms with Gasteiger partial charge in [0.15, 0.2) is 11.5 Å². The number of pyridine rings is 1. The van der Waals surface area contributed by atoms with Gasteiger partial charge in [0.25, 0.3) is 0 Å². The van der Waals surface area contributed by atoms with Crippen LogP contribution in [0.2, 0.25) is 5.02 Å². The van der Waals surface area contributed by atoms with Crippen molar-refractivity contribution in [2.24, 2.45) is 0 Å². The van der Waals surface area contributed by atoms with E-state index in [2.05, 4.69) is 4.98 Å². The predicted molar refractivity (Wildman–Crippen MR) is 103 cm³/mol. The van der Waals surface area contributed by atoms with Gasteiger partial charge in [0, 0.05) is 16.0 Å².